The van der Waals surface area contributed by atoms with Crippen LogP contribution in [-0.2, 0) is 11.3 Å². The maximum Gasteiger partial charge on any atom is 0.315 e. The van der Waals surface area contributed by atoms with E-state index in [-0.39, 0.29) is 18.5 Å². The van der Waals surface area contributed by atoms with E-state index in [0.717, 1.165) is 4.88 Å². The van der Waals surface area contributed by atoms with Crippen LogP contribution < -0.4 is 10.6 Å². The molecular weight excluding hydrogens is 254 g/mol. The van der Waals surface area contributed by atoms with Gasteiger partial charge in [-0.3, -0.25) is 9.78 Å². The smallest absolute Gasteiger partial charge is 0.315 e. The second kappa shape index (κ2) is 7.65. The first-order valence-electron chi connectivity index (χ1n) is 5.71. The molecule has 0 bridgehead atoms. The van der Waals surface area contributed by atoms with Crippen LogP contribution in [-0.4, -0.2) is 28.1 Å². The fraction of sp³-hybridized carbons (Fsp3) is 0.545. The van der Waals surface area contributed by atoms with E-state index >= 15 is 0 Å². The number of nitrogens with zero attached hydrogens (tertiary/aromatic N) is 1. The monoisotopic (exact) mass is 271 g/mol. The van der Waals surface area contributed by atoms with Crippen molar-refractivity contribution in [2.75, 3.05) is 0 Å². The summed E-state index contributed by atoms with van der Waals surface area (Å²) in [5, 5.41) is 14.0. The lowest BCUT2D eigenvalue weighted by Crippen LogP contribution is -2.40. The van der Waals surface area contributed by atoms with Gasteiger partial charge in [-0.15, -0.1) is 11.3 Å². The average molecular weight is 271 g/mol. The summed E-state index contributed by atoms with van der Waals surface area (Å²) in [5.41, 5.74) is 1.71. The number of thiazole rings is 1. The molecule has 100 valence electrons. The minimum Gasteiger partial charge on any atom is -0.481 e. The fourth-order valence-electron chi connectivity index (χ4n) is 1.40. The molecule has 1 rings (SSSR count). The van der Waals surface area contributed by atoms with Crippen molar-refractivity contribution in [3.05, 3.63) is 16.6 Å². The van der Waals surface area contributed by atoms with E-state index in [4.69, 9.17) is 5.11 Å². The van der Waals surface area contributed by atoms with Crippen LogP contribution in [0.5, 0.6) is 0 Å². The Morgan fingerprint density at radius 3 is 2.94 bits per heavy atom. The number of hydrogen-bond donors (Lipinski definition) is 3. The zero-order chi connectivity index (χ0) is 13.4. The Bertz CT molecular complexity index is 381. The van der Waals surface area contributed by atoms with Gasteiger partial charge in [0.05, 0.1) is 12.1 Å². The highest BCUT2D eigenvalue weighted by Gasteiger charge is 2.08. The molecule has 0 aliphatic rings. The lowest BCUT2D eigenvalue weighted by atomic mass is 10.1. The van der Waals surface area contributed by atoms with Crippen LogP contribution in [0.2, 0.25) is 0 Å². The van der Waals surface area contributed by atoms with E-state index in [0.29, 0.717) is 19.4 Å². The minimum atomic E-state index is -0.808. The van der Waals surface area contributed by atoms with Gasteiger partial charge < -0.3 is 15.7 Å². The van der Waals surface area contributed by atoms with Crippen molar-refractivity contribution in [2.45, 2.75) is 38.8 Å². The molecule has 1 heterocycles. The van der Waals surface area contributed by atoms with Crippen LogP contribution in [0.4, 0.5) is 4.79 Å². The molecular formula is C11H17N3O3S. The number of aliphatic carboxylic acids is 1. The molecule has 0 spiro atoms. The Morgan fingerprint density at radius 1 is 1.56 bits per heavy atom. The van der Waals surface area contributed by atoms with Crippen LogP contribution in [0, 0.1) is 0 Å². The van der Waals surface area contributed by atoms with Crippen LogP contribution in [0.3, 0.4) is 0 Å². The molecule has 0 aliphatic heterocycles. The molecule has 7 heteroatoms. The largest absolute Gasteiger partial charge is 0.481 e. The molecule has 6 nitrogen and oxygen atoms in total. The van der Waals surface area contributed by atoms with E-state index in [1.807, 2.05) is 6.92 Å². The third-order valence-corrected chi connectivity index (χ3v) is 3.09. The van der Waals surface area contributed by atoms with Gasteiger partial charge in [-0.2, -0.15) is 0 Å². The third kappa shape index (κ3) is 6.19. The Labute approximate surface area is 109 Å². The zero-order valence-corrected chi connectivity index (χ0v) is 11.0. The Kier molecular flexibility index (Phi) is 6.13. The number of rotatable bonds is 7. The van der Waals surface area contributed by atoms with Gasteiger partial charge in [0.25, 0.3) is 0 Å². The zero-order valence-electron chi connectivity index (χ0n) is 10.2. The third-order valence-electron chi connectivity index (χ3n) is 2.31. The highest BCUT2D eigenvalue weighted by atomic mass is 32.1. The first-order chi connectivity index (χ1) is 8.58. The highest BCUT2D eigenvalue weighted by molar-refractivity contribution is 7.09. The second-order valence-electron chi connectivity index (χ2n) is 3.98. The van der Waals surface area contributed by atoms with Gasteiger partial charge in [0.15, 0.2) is 0 Å². The number of urea groups is 1. The van der Waals surface area contributed by atoms with Crippen molar-refractivity contribution >= 4 is 23.3 Å². The summed E-state index contributed by atoms with van der Waals surface area (Å²) in [5.74, 6) is -0.808. The van der Waals surface area contributed by atoms with Crippen LogP contribution >= 0.6 is 11.3 Å². The van der Waals surface area contributed by atoms with Crippen molar-refractivity contribution in [1.29, 1.82) is 0 Å². The van der Waals surface area contributed by atoms with E-state index in [9.17, 15) is 9.59 Å². The number of carbonyl (C=O) groups excluding carboxylic acids is 1. The SMILES string of the molecule is CC(CCCC(=O)O)NC(=O)NCc1cncs1. The number of nitrogens with one attached hydrogen (secondary N) is 2. The van der Waals surface area contributed by atoms with Crippen LogP contribution in [0.1, 0.15) is 31.1 Å². The molecule has 1 unspecified atom stereocenters. The predicted molar refractivity (Wildman–Crippen MR) is 68.4 cm³/mol. The number of hydrogen-bond acceptors (Lipinski definition) is 4. The first kappa shape index (κ1) is 14.4. The molecule has 0 aliphatic carbocycles. The summed E-state index contributed by atoms with van der Waals surface area (Å²) in [6, 6.07) is -0.281. The van der Waals surface area contributed by atoms with Gasteiger partial charge in [0.1, 0.15) is 0 Å². The second-order valence-corrected chi connectivity index (χ2v) is 4.95. The summed E-state index contributed by atoms with van der Waals surface area (Å²) in [6.07, 6.45) is 3.06. The maximum atomic E-state index is 11.5. The van der Waals surface area contributed by atoms with Crippen molar-refractivity contribution in [3.8, 4) is 0 Å². The summed E-state index contributed by atoms with van der Waals surface area (Å²) in [6.45, 7) is 2.31. The molecule has 18 heavy (non-hydrogen) atoms. The molecule has 1 aromatic rings. The molecule has 1 atom stereocenters. The number of aromatic nitrogens is 1. The van der Waals surface area contributed by atoms with Gasteiger partial charge in [-0.25, -0.2) is 4.79 Å². The topological polar surface area (TPSA) is 91.3 Å². The highest BCUT2D eigenvalue weighted by Crippen LogP contribution is 2.04. The molecule has 0 radical (unpaired) electrons. The van der Waals surface area contributed by atoms with Crippen LogP contribution in [0.15, 0.2) is 11.7 Å². The Hall–Kier alpha value is -1.63. The first-order valence-corrected chi connectivity index (χ1v) is 6.59. The molecule has 1 aromatic heterocycles. The summed E-state index contributed by atoms with van der Waals surface area (Å²) in [7, 11) is 0. The predicted octanol–water partition coefficient (Wildman–Crippen LogP) is 1.59. The standard InChI is InChI=1S/C11H17N3O3S/c1-8(3-2-4-10(15)16)14-11(17)13-6-9-5-12-7-18-9/h5,7-8H,2-4,6H2,1H3,(H,15,16)(H2,13,14,17). The molecule has 2 amide bonds. The van der Waals surface area contributed by atoms with Gasteiger partial charge in [-0.05, 0) is 19.8 Å². The average Bonchev–Trinajstić information content (AvgIpc) is 2.78. The molecule has 0 saturated carbocycles. The summed E-state index contributed by atoms with van der Waals surface area (Å²) in [4.78, 5) is 26.7. The summed E-state index contributed by atoms with van der Waals surface area (Å²) >= 11 is 1.48. The molecule has 3 N–H and O–H groups in total. The van der Waals surface area contributed by atoms with E-state index in [1.54, 1.807) is 11.7 Å². The maximum absolute atomic E-state index is 11.5. The lowest BCUT2D eigenvalue weighted by Gasteiger charge is -2.13. The molecule has 0 aromatic carbocycles. The van der Waals surface area contributed by atoms with Gasteiger partial charge in [0, 0.05) is 23.5 Å². The van der Waals surface area contributed by atoms with E-state index < -0.39 is 5.97 Å². The summed E-state index contributed by atoms with van der Waals surface area (Å²) < 4.78 is 0. The molecule has 0 saturated heterocycles. The van der Waals surface area contributed by atoms with E-state index in [2.05, 4.69) is 15.6 Å². The number of carbonyl (C=O) groups is 2. The Balaban J connectivity index is 2.13. The molecule has 0 fully saturated rings. The lowest BCUT2D eigenvalue weighted by molar-refractivity contribution is -0.137. The number of carboxylic acid groups (broad SMARTS) is 1. The van der Waals surface area contributed by atoms with Crippen molar-refractivity contribution in [3.63, 3.8) is 0 Å². The van der Waals surface area contributed by atoms with Crippen LogP contribution in [0.25, 0.3) is 0 Å². The van der Waals surface area contributed by atoms with Crippen molar-refractivity contribution in [2.24, 2.45) is 0 Å². The fourth-order valence-corrected chi connectivity index (χ4v) is 1.94. The Morgan fingerprint density at radius 2 is 2.33 bits per heavy atom. The number of carboxylic acids is 1. The van der Waals surface area contributed by atoms with Crippen molar-refractivity contribution in [1.82, 2.24) is 15.6 Å². The van der Waals surface area contributed by atoms with Gasteiger partial charge >= 0.3 is 12.0 Å². The van der Waals surface area contributed by atoms with Gasteiger partial charge in [0.2, 0.25) is 0 Å². The minimum absolute atomic E-state index is 0.0363. The normalized spacial score (nSPS) is 11.8. The van der Waals surface area contributed by atoms with Crippen molar-refractivity contribution < 1.29 is 14.7 Å². The van der Waals surface area contributed by atoms with Gasteiger partial charge in [-0.1, -0.05) is 0 Å². The quantitative estimate of drug-likeness (QED) is 0.702. The number of amides is 2. The van der Waals surface area contributed by atoms with E-state index in [1.165, 1.54) is 11.3 Å².